The minimum atomic E-state index is 0.855. The van der Waals surface area contributed by atoms with Gasteiger partial charge in [0.05, 0.1) is 24.0 Å². The average Bonchev–Trinajstić information content (AvgIpc) is 3.21. The van der Waals surface area contributed by atoms with Crippen molar-refractivity contribution < 1.29 is 0 Å². The third-order valence-electron chi connectivity index (χ3n) is 3.65. The van der Waals surface area contributed by atoms with Gasteiger partial charge in [-0.2, -0.15) is 23.5 Å². The molecule has 0 spiro atoms. The van der Waals surface area contributed by atoms with Crippen LogP contribution in [0.15, 0.2) is 17.6 Å². The van der Waals surface area contributed by atoms with E-state index in [1.54, 1.807) is 19.7 Å². The van der Waals surface area contributed by atoms with Gasteiger partial charge in [-0.05, 0) is 13.8 Å². The van der Waals surface area contributed by atoms with Crippen LogP contribution in [0.25, 0.3) is 0 Å². The van der Waals surface area contributed by atoms with E-state index < -0.39 is 0 Å². The second-order valence-corrected chi connectivity index (χ2v) is 7.69. The molecule has 0 aliphatic rings. The molecular weight excluding hydrogens is 354 g/mol. The molecule has 2 aromatic heterocycles. The Bertz CT molecular complexity index is 598. The largest absolute Gasteiger partial charge is 0.356 e. The molecule has 2 aromatic rings. The fourth-order valence-electron chi connectivity index (χ4n) is 2.11. The van der Waals surface area contributed by atoms with E-state index in [0.29, 0.717) is 0 Å². The lowest BCUT2D eigenvalue weighted by Gasteiger charge is -2.11. The predicted octanol–water partition coefficient (Wildman–Crippen LogP) is 2.08. The maximum absolute atomic E-state index is 4.30. The zero-order valence-corrected chi connectivity index (χ0v) is 16.7. The van der Waals surface area contributed by atoms with E-state index in [1.165, 1.54) is 0 Å². The van der Waals surface area contributed by atoms with Crippen LogP contribution in [0.5, 0.6) is 0 Å². The minimum Gasteiger partial charge on any atom is -0.356 e. The van der Waals surface area contributed by atoms with E-state index in [0.717, 1.165) is 64.8 Å². The monoisotopic (exact) mass is 381 g/mol. The number of aromatic amines is 2. The third-order valence-corrected chi connectivity index (χ3v) is 5.59. The fourth-order valence-corrected chi connectivity index (χ4v) is 3.86. The van der Waals surface area contributed by atoms with Gasteiger partial charge in [-0.1, -0.05) is 0 Å². The molecular formula is C16H27N7S2. The summed E-state index contributed by atoms with van der Waals surface area (Å²) in [5, 5.41) is 6.68. The van der Waals surface area contributed by atoms with Crippen LogP contribution in [0, 0.1) is 13.8 Å². The standard InChI is InChI=1S/C16H27N7S2/c1-12-14(22-10-20-12)8-24-6-4-18-16(17-3)19-5-7-25-9-15-13(2)21-11-23-15/h10-11H,4-9H2,1-3H3,(H,20,22)(H,21,23)(H2,17,18,19). The highest BCUT2D eigenvalue weighted by atomic mass is 32.2. The first-order chi connectivity index (χ1) is 12.2. The van der Waals surface area contributed by atoms with Gasteiger partial charge in [0.1, 0.15) is 0 Å². The first-order valence-electron chi connectivity index (χ1n) is 8.28. The van der Waals surface area contributed by atoms with Gasteiger partial charge in [-0.3, -0.25) is 4.99 Å². The number of nitrogens with zero attached hydrogens (tertiary/aromatic N) is 3. The smallest absolute Gasteiger partial charge is 0.191 e. The summed E-state index contributed by atoms with van der Waals surface area (Å²) >= 11 is 3.74. The van der Waals surface area contributed by atoms with Gasteiger partial charge in [0.15, 0.2) is 5.96 Å². The van der Waals surface area contributed by atoms with Gasteiger partial charge in [-0.25, -0.2) is 9.97 Å². The van der Waals surface area contributed by atoms with Gasteiger partial charge in [-0.15, -0.1) is 0 Å². The van der Waals surface area contributed by atoms with Crippen LogP contribution in [-0.4, -0.2) is 57.5 Å². The second kappa shape index (κ2) is 11.1. The first kappa shape index (κ1) is 19.7. The number of nitrogens with one attached hydrogen (secondary N) is 4. The second-order valence-electron chi connectivity index (χ2n) is 5.48. The Hall–Kier alpha value is -1.61. The average molecular weight is 382 g/mol. The number of aryl methyl sites for hydroxylation is 2. The van der Waals surface area contributed by atoms with Crippen LogP contribution in [0.2, 0.25) is 0 Å². The van der Waals surface area contributed by atoms with Crippen LogP contribution in [0.3, 0.4) is 0 Å². The number of H-pyrrole nitrogens is 2. The van der Waals surface area contributed by atoms with E-state index in [1.807, 2.05) is 23.5 Å². The Balaban J connectivity index is 1.50. The number of aromatic nitrogens is 4. The van der Waals surface area contributed by atoms with E-state index in [9.17, 15) is 0 Å². The zero-order chi connectivity index (χ0) is 17.9. The Morgan fingerprint density at radius 2 is 1.44 bits per heavy atom. The molecule has 25 heavy (non-hydrogen) atoms. The molecule has 0 saturated carbocycles. The van der Waals surface area contributed by atoms with Crippen LogP contribution in [0.4, 0.5) is 0 Å². The highest BCUT2D eigenvalue weighted by molar-refractivity contribution is 7.98. The van der Waals surface area contributed by atoms with Gasteiger partial charge in [0.25, 0.3) is 0 Å². The highest BCUT2D eigenvalue weighted by Crippen LogP contribution is 2.12. The van der Waals surface area contributed by atoms with Crippen LogP contribution >= 0.6 is 23.5 Å². The van der Waals surface area contributed by atoms with Gasteiger partial charge in [0, 0.05) is 54.5 Å². The summed E-state index contributed by atoms with van der Waals surface area (Å²) < 4.78 is 0. The van der Waals surface area contributed by atoms with E-state index in [4.69, 9.17) is 0 Å². The summed E-state index contributed by atoms with van der Waals surface area (Å²) in [5.74, 6) is 4.76. The van der Waals surface area contributed by atoms with Crippen molar-refractivity contribution in [1.29, 1.82) is 0 Å². The van der Waals surface area contributed by atoms with Crippen molar-refractivity contribution in [1.82, 2.24) is 30.6 Å². The lowest BCUT2D eigenvalue weighted by Crippen LogP contribution is -2.39. The number of rotatable bonds is 10. The quantitative estimate of drug-likeness (QED) is 0.286. The van der Waals surface area contributed by atoms with Crippen molar-refractivity contribution in [2.45, 2.75) is 25.4 Å². The lowest BCUT2D eigenvalue weighted by atomic mass is 10.4. The summed E-state index contributed by atoms with van der Waals surface area (Å²) in [6.07, 6.45) is 3.50. The summed E-state index contributed by atoms with van der Waals surface area (Å²) in [6.45, 7) is 5.87. The highest BCUT2D eigenvalue weighted by Gasteiger charge is 2.02. The summed E-state index contributed by atoms with van der Waals surface area (Å²) in [5.41, 5.74) is 4.58. The molecule has 0 saturated heterocycles. The van der Waals surface area contributed by atoms with Gasteiger partial charge in [0.2, 0.25) is 0 Å². The van der Waals surface area contributed by atoms with Gasteiger partial charge >= 0.3 is 0 Å². The number of hydrogen-bond donors (Lipinski definition) is 4. The van der Waals surface area contributed by atoms with Gasteiger partial charge < -0.3 is 20.6 Å². The Morgan fingerprint density at radius 3 is 1.80 bits per heavy atom. The fraction of sp³-hybridized carbons (Fsp3) is 0.562. The molecule has 0 atom stereocenters. The molecule has 7 nitrogen and oxygen atoms in total. The first-order valence-corrected chi connectivity index (χ1v) is 10.6. The summed E-state index contributed by atoms with van der Waals surface area (Å²) in [7, 11) is 1.80. The maximum Gasteiger partial charge on any atom is 0.191 e. The number of guanidine groups is 1. The predicted molar refractivity (Wildman–Crippen MR) is 108 cm³/mol. The molecule has 0 aromatic carbocycles. The molecule has 0 fully saturated rings. The maximum atomic E-state index is 4.30. The molecule has 0 aliphatic carbocycles. The minimum absolute atomic E-state index is 0.855. The topological polar surface area (TPSA) is 93.8 Å². The van der Waals surface area contributed by atoms with Crippen LogP contribution in [-0.2, 0) is 11.5 Å². The SMILES string of the molecule is CN=C(NCCSCc1nc[nH]c1C)NCCSCc1nc[nH]c1C. The molecule has 2 rings (SSSR count). The van der Waals surface area contributed by atoms with Crippen molar-refractivity contribution in [3.05, 3.63) is 35.4 Å². The molecule has 4 N–H and O–H groups in total. The van der Waals surface area contributed by atoms with E-state index >= 15 is 0 Å². The van der Waals surface area contributed by atoms with E-state index in [-0.39, 0.29) is 0 Å². The Labute approximate surface area is 157 Å². The molecule has 0 amide bonds. The summed E-state index contributed by atoms with van der Waals surface area (Å²) in [6, 6.07) is 0. The normalized spacial score (nSPS) is 10.7. The van der Waals surface area contributed by atoms with E-state index in [2.05, 4.69) is 49.4 Å². The Morgan fingerprint density at radius 1 is 0.960 bits per heavy atom. The van der Waals surface area contributed by atoms with Crippen molar-refractivity contribution in [3.8, 4) is 0 Å². The van der Waals surface area contributed by atoms with Crippen molar-refractivity contribution in [2.75, 3.05) is 31.6 Å². The molecule has 0 unspecified atom stereocenters. The lowest BCUT2D eigenvalue weighted by molar-refractivity contribution is 0.863. The number of hydrogen-bond acceptors (Lipinski definition) is 5. The summed E-state index contributed by atoms with van der Waals surface area (Å²) in [4.78, 5) is 19.1. The number of imidazole rings is 2. The van der Waals surface area contributed by atoms with Crippen molar-refractivity contribution in [2.24, 2.45) is 4.99 Å². The molecule has 0 radical (unpaired) electrons. The molecule has 0 bridgehead atoms. The number of aliphatic imine (C=N–C) groups is 1. The van der Waals surface area contributed by atoms with Crippen molar-refractivity contribution >= 4 is 29.5 Å². The zero-order valence-electron chi connectivity index (χ0n) is 15.1. The molecule has 0 aliphatic heterocycles. The van der Waals surface area contributed by atoms with Crippen molar-refractivity contribution in [3.63, 3.8) is 0 Å². The molecule has 138 valence electrons. The van der Waals surface area contributed by atoms with Crippen LogP contribution in [0.1, 0.15) is 22.8 Å². The van der Waals surface area contributed by atoms with Crippen LogP contribution < -0.4 is 10.6 Å². The number of thioether (sulfide) groups is 2. The Kier molecular flexibility index (Phi) is 8.75. The third kappa shape index (κ3) is 7.03. The molecule has 9 heteroatoms. The molecule has 2 heterocycles.